The van der Waals surface area contributed by atoms with Crippen molar-refractivity contribution in [1.82, 2.24) is 31.4 Å². The summed E-state index contributed by atoms with van der Waals surface area (Å²) in [4.78, 5) is 74.4. The smallest absolute Gasteiger partial charge is 0.305 e. The van der Waals surface area contributed by atoms with E-state index in [9.17, 15) is 44.2 Å². The minimum Gasteiger partial charge on any atom is -0.507 e. The first-order valence-corrected chi connectivity index (χ1v) is 14.8. The molecule has 0 bridgehead atoms. The summed E-state index contributed by atoms with van der Waals surface area (Å²) in [5.74, 6) is -4.63. The Bertz CT molecular complexity index is 1320. The fourth-order valence-electron chi connectivity index (χ4n) is 4.93. The van der Waals surface area contributed by atoms with Crippen LogP contribution in [0.3, 0.4) is 0 Å². The molecule has 2 heterocycles. The van der Waals surface area contributed by atoms with Crippen LogP contribution in [-0.2, 0) is 33.5 Å². The van der Waals surface area contributed by atoms with Gasteiger partial charge in [0, 0.05) is 19.6 Å². The molecule has 0 spiro atoms. The number of carboxylic acid groups (broad SMARTS) is 1. The molecule has 2 aliphatic heterocycles. The minimum absolute atomic E-state index is 0.0312. The molecule has 17 nitrogen and oxygen atoms in total. The summed E-state index contributed by atoms with van der Waals surface area (Å²) in [6, 6.07) is 1.13. The zero-order valence-electron chi connectivity index (χ0n) is 25.3. The number of phenolic OH excluding ortho intramolecular Hbond substituents is 1. The van der Waals surface area contributed by atoms with Crippen molar-refractivity contribution >= 4 is 41.8 Å². The number of ether oxygens (including phenoxy) is 1. The number of aliphatic hydroxyl groups is 1. The normalized spacial score (nSPS) is 18.8. The average Bonchev–Trinajstić information content (AvgIpc) is 3.52. The summed E-state index contributed by atoms with van der Waals surface area (Å²) in [6.07, 6.45) is 2.06. The van der Waals surface area contributed by atoms with Crippen LogP contribution in [0.2, 0.25) is 0 Å². The van der Waals surface area contributed by atoms with Crippen molar-refractivity contribution in [2.45, 2.75) is 57.2 Å². The molecule has 252 valence electrons. The van der Waals surface area contributed by atoms with E-state index in [0.717, 1.165) is 10.6 Å². The van der Waals surface area contributed by atoms with Crippen molar-refractivity contribution in [3.05, 3.63) is 35.4 Å². The van der Waals surface area contributed by atoms with Crippen LogP contribution in [-0.4, -0.2) is 118 Å². The van der Waals surface area contributed by atoms with Crippen LogP contribution in [0.15, 0.2) is 24.3 Å². The van der Waals surface area contributed by atoms with Gasteiger partial charge in [0.1, 0.15) is 36.2 Å². The van der Waals surface area contributed by atoms with Crippen LogP contribution in [0.25, 0.3) is 5.76 Å². The van der Waals surface area contributed by atoms with Gasteiger partial charge in [-0.25, -0.2) is 10.5 Å². The zero-order valence-corrected chi connectivity index (χ0v) is 25.3. The maximum Gasteiger partial charge on any atom is 0.305 e. The molecule has 1 aromatic rings. The van der Waals surface area contributed by atoms with Crippen molar-refractivity contribution in [2.24, 2.45) is 5.92 Å². The largest absolute Gasteiger partial charge is 0.507 e. The third-order valence-corrected chi connectivity index (χ3v) is 7.38. The van der Waals surface area contributed by atoms with Gasteiger partial charge in [0.15, 0.2) is 0 Å². The van der Waals surface area contributed by atoms with Gasteiger partial charge in [0.05, 0.1) is 24.5 Å². The first-order chi connectivity index (χ1) is 21.9. The van der Waals surface area contributed by atoms with Crippen LogP contribution < -0.4 is 21.4 Å². The van der Waals surface area contributed by atoms with E-state index in [2.05, 4.69) is 21.4 Å². The van der Waals surface area contributed by atoms with Crippen molar-refractivity contribution in [2.75, 3.05) is 32.8 Å². The second-order valence-electron chi connectivity index (χ2n) is 10.9. The van der Waals surface area contributed by atoms with Crippen molar-refractivity contribution in [3.63, 3.8) is 0 Å². The number of hydrazine groups is 1. The predicted molar refractivity (Wildman–Crippen MR) is 158 cm³/mol. The average molecular weight is 649 g/mol. The molecule has 4 unspecified atom stereocenters. The highest BCUT2D eigenvalue weighted by Gasteiger charge is 2.37. The first-order valence-electron chi connectivity index (χ1n) is 14.8. The van der Waals surface area contributed by atoms with Crippen molar-refractivity contribution < 1.29 is 54.0 Å². The Kier molecular flexibility index (Phi) is 13.3. The van der Waals surface area contributed by atoms with E-state index < -0.39 is 60.2 Å². The maximum absolute atomic E-state index is 13.7. The van der Waals surface area contributed by atoms with Gasteiger partial charge in [0.2, 0.25) is 24.1 Å². The summed E-state index contributed by atoms with van der Waals surface area (Å²) < 4.78 is 5.58. The van der Waals surface area contributed by atoms with Crippen LogP contribution in [0.5, 0.6) is 5.75 Å². The van der Waals surface area contributed by atoms with E-state index >= 15 is 0 Å². The Balaban J connectivity index is 1.71. The molecular weight excluding hydrogens is 608 g/mol. The molecule has 0 aromatic heterocycles. The molecule has 0 aliphatic carbocycles. The number of hydrogen-bond acceptors (Lipinski definition) is 11. The molecule has 1 fully saturated rings. The van der Waals surface area contributed by atoms with Crippen molar-refractivity contribution in [3.8, 4) is 5.75 Å². The Labute approximate surface area is 264 Å². The number of phenols is 1. The van der Waals surface area contributed by atoms with Crippen LogP contribution in [0, 0.1) is 12.8 Å². The number of carbonyl (C=O) groups is 6. The molecular formula is C29H40N6O11. The molecule has 0 saturated carbocycles. The van der Waals surface area contributed by atoms with E-state index in [1.165, 1.54) is 6.08 Å². The first kappa shape index (κ1) is 35.7. The van der Waals surface area contributed by atoms with Crippen LogP contribution in [0.4, 0.5) is 0 Å². The Morgan fingerprint density at radius 1 is 1.17 bits per heavy atom. The number of rotatable bonds is 16. The predicted octanol–water partition coefficient (Wildman–Crippen LogP) is -1.64. The lowest BCUT2D eigenvalue weighted by atomic mass is 10.0. The number of benzene rings is 1. The summed E-state index contributed by atoms with van der Waals surface area (Å²) in [6.45, 7) is 0.890. The highest BCUT2D eigenvalue weighted by molar-refractivity contribution is 5.95. The topological polar surface area (TPSA) is 247 Å². The quantitative estimate of drug-likeness (QED) is 0.0572. The standard InChI is InChI=1S/C29H40N6O11/c1-17-6-7-19(23(38)12-17)24-13-18(15-46-24)26(41)33-21(14-36)27(42)32-20(4-3-11-34(45)16-37)29(44)35-22(5-2-9-31-35)28(43)30-10-8-25(39)40/h6-7,12-13,16,18,20-22,31,36,38,45H,2-5,8-11,14-15H2,1H3,(H,30,43)(H,32,42)(H,33,41)(H,39,40). The molecule has 4 atom stereocenters. The summed E-state index contributed by atoms with van der Waals surface area (Å²) in [5, 5.41) is 47.4. The number of nitrogens with one attached hydrogen (secondary N) is 4. The summed E-state index contributed by atoms with van der Waals surface area (Å²) in [7, 11) is 0. The number of carboxylic acids is 1. The number of aryl methyl sites for hydroxylation is 1. The Morgan fingerprint density at radius 3 is 2.61 bits per heavy atom. The van der Waals surface area contributed by atoms with Crippen LogP contribution in [0.1, 0.15) is 43.2 Å². The van der Waals surface area contributed by atoms with Crippen molar-refractivity contribution in [1.29, 1.82) is 0 Å². The van der Waals surface area contributed by atoms with E-state index in [1.807, 2.05) is 0 Å². The number of aliphatic carboxylic acids is 1. The number of nitrogens with zero attached hydrogens (tertiary/aromatic N) is 2. The fourth-order valence-corrected chi connectivity index (χ4v) is 4.93. The van der Waals surface area contributed by atoms with Gasteiger partial charge in [-0.15, -0.1) is 0 Å². The van der Waals surface area contributed by atoms with Gasteiger partial charge in [-0.1, -0.05) is 6.07 Å². The lowest BCUT2D eigenvalue weighted by Crippen LogP contribution is -2.64. The summed E-state index contributed by atoms with van der Waals surface area (Å²) in [5.41, 5.74) is 4.04. The number of carbonyl (C=O) groups excluding carboxylic acids is 5. The Morgan fingerprint density at radius 2 is 1.93 bits per heavy atom. The molecule has 1 saturated heterocycles. The second-order valence-corrected chi connectivity index (χ2v) is 10.9. The highest BCUT2D eigenvalue weighted by Crippen LogP contribution is 2.32. The van der Waals surface area contributed by atoms with E-state index in [1.54, 1.807) is 25.1 Å². The van der Waals surface area contributed by atoms with Gasteiger partial charge < -0.3 is 36.0 Å². The lowest BCUT2D eigenvalue weighted by Gasteiger charge is -2.37. The zero-order chi connectivity index (χ0) is 33.8. The SMILES string of the molecule is Cc1ccc(C2=CC(C(=O)NC(CO)C(=O)NC(CCCN(O)C=O)C(=O)N3NCCCC3C(=O)NCCC(=O)O)CO2)c(O)c1. The number of aliphatic hydroxyl groups excluding tert-OH is 1. The molecule has 0 radical (unpaired) electrons. The van der Waals surface area contributed by atoms with Gasteiger partial charge in [-0.05, 0) is 56.4 Å². The maximum atomic E-state index is 13.7. The van der Waals surface area contributed by atoms with E-state index in [4.69, 9.17) is 9.84 Å². The molecule has 46 heavy (non-hydrogen) atoms. The molecule has 3 rings (SSSR count). The molecule has 5 amide bonds. The number of amides is 5. The minimum atomic E-state index is -1.48. The van der Waals surface area contributed by atoms with E-state index in [-0.39, 0.29) is 63.3 Å². The van der Waals surface area contributed by atoms with Crippen LogP contribution >= 0.6 is 0 Å². The highest BCUT2D eigenvalue weighted by atomic mass is 16.5. The monoisotopic (exact) mass is 648 g/mol. The van der Waals surface area contributed by atoms with E-state index in [0.29, 0.717) is 23.6 Å². The number of hydroxylamine groups is 2. The third kappa shape index (κ3) is 9.88. The van der Waals surface area contributed by atoms with Gasteiger partial charge >= 0.3 is 5.97 Å². The molecule has 8 N–H and O–H groups in total. The lowest BCUT2D eigenvalue weighted by molar-refractivity contribution is -0.151. The van der Waals surface area contributed by atoms with Gasteiger partial charge in [-0.3, -0.25) is 39.0 Å². The molecule has 2 aliphatic rings. The van der Waals surface area contributed by atoms with Gasteiger partial charge in [0.25, 0.3) is 5.91 Å². The molecule has 17 heteroatoms. The Hall–Kier alpha value is -4.74. The number of hydrogen-bond donors (Lipinski definition) is 8. The number of aromatic hydroxyl groups is 1. The molecule has 1 aromatic carbocycles. The third-order valence-electron chi connectivity index (χ3n) is 7.38. The summed E-state index contributed by atoms with van der Waals surface area (Å²) >= 11 is 0. The second kappa shape index (κ2) is 17.1. The fraction of sp³-hybridized carbons (Fsp3) is 0.517. The van der Waals surface area contributed by atoms with Gasteiger partial charge in [-0.2, -0.15) is 0 Å².